The molecule has 1 heterocycles. The van der Waals surface area contributed by atoms with E-state index < -0.39 is 5.91 Å². The summed E-state index contributed by atoms with van der Waals surface area (Å²) in [5, 5.41) is 10.9. The molecule has 126 valence electrons. The van der Waals surface area contributed by atoms with Crippen LogP contribution < -0.4 is 11.1 Å². The van der Waals surface area contributed by atoms with Crippen LogP contribution in [0.5, 0.6) is 0 Å². The van der Waals surface area contributed by atoms with E-state index in [0.29, 0.717) is 27.1 Å². The third kappa shape index (κ3) is 3.99. The Morgan fingerprint density at radius 3 is 2.72 bits per heavy atom. The summed E-state index contributed by atoms with van der Waals surface area (Å²) in [4.78, 5) is 16.1. The Balaban J connectivity index is 1.92. The molecule has 0 fully saturated rings. The molecule has 4 N–H and O–H groups in total. The predicted octanol–water partition coefficient (Wildman–Crippen LogP) is 4.31. The summed E-state index contributed by atoms with van der Waals surface area (Å²) in [5.74, 6) is -0.164. The third-order valence-electron chi connectivity index (χ3n) is 3.32. The van der Waals surface area contributed by atoms with E-state index in [9.17, 15) is 4.79 Å². The first-order valence-corrected chi connectivity index (χ1v) is 7.99. The molecule has 25 heavy (non-hydrogen) atoms. The summed E-state index contributed by atoms with van der Waals surface area (Å²) in [7, 11) is 0. The number of carbonyl (C=O) groups excluding carboxylic acids is 1. The number of nitrogens with one attached hydrogen (secondary N) is 2. The highest BCUT2D eigenvalue weighted by atomic mass is 35.5. The summed E-state index contributed by atoms with van der Waals surface area (Å²) in [6.45, 7) is 0. The smallest absolute Gasteiger partial charge is 0.256 e. The Kier molecular flexibility index (Phi) is 5.02. The Labute approximate surface area is 153 Å². The topological polar surface area (TPSA) is 96.2 Å². The van der Waals surface area contributed by atoms with E-state index in [0.717, 1.165) is 0 Å². The number of aromatic nitrogens is 2. The van der Waals surface area contributed by atoms with Gasteiger partial charge in [0.2, 0.25) is 0 Å². The molecular weight excluding hydrogens is 361 g/mol. The first kappa shape index (κ1) is 17.0. The number of aromatic amines is 1. The number of anilines is 2. The molecule has 0 aliphatic heterocycles. The number of carbonyl (C=O) groups is 1. The number of amides is 1. The van der Waals surface area contributed by atoms with E-state index in [1.807, 2.05) is 12.1 Å². The van der Waals surface area contributed by atoms with E-state index in [1.54, 1.807) is 36.4 Å². The van der Waals surface area contributed by atoms with Crippen LogP contribution in [-0.4, -0.2) is 22.3 Å². The third-order valence-corrected chi connectivity index (χ3v) is 3.90. The maximum Gasteiger partial charge on any atom is 0.256 e. The van der Waals surface area contributed by atoms with Crippen LogP contribution in [0.25, 0.3) is 0 Å². The summed E-state index contributed by atoms with van der Waals surface area (Å²) >= 11 is 12.0. The van der Waals surface area contributed by atoms with Gasteiger partial charge in [-0.25, -0.2) is 4.99 Å². The van der Waals surface area contributed by atoms with E-state index in [4.69, 9.17) is 28.9 Å². The van der Waals surface area contributed by atoms with Crippen molar-refractivity contribution in [1.82, 2.24) is 10.2 Å². The number of nitrogens with zero attached hydrogens (tertiary/aromatic N) is 2. The molecule has 6 nitrogen and oxygen atoms in total. The molecule has 0 aliphatic rings. The molecule has 0 spiro atoms. The van der Waals surface area contributed by atoms with Crippen molar-refractivity contribution in [3.8, 4) is 0 Å². The van der Waals surface area contributed by atoms with Crippen LogP contribution in [0.3, 0.4) is 0 Å². The van der Waals surface area contributed by atoms with E-state index in [1.165, 1.54) is 6.21 Å². The van der Waals surface area contributed by atoms with Gasteiger partial charge in [-0.15, -0.1) is 0 Å². The fraction of sp³-hybridized carbons (Fsp3) is 0. The number of benzene rings is 2. The average Bonchev–Trinajstić information content (AvgIpc) is 2.97. The van der Waals surface area contributed by atoms with Gasteiger partial charge in [0.1, 0.15) is 11.4 Å². The standard InChI is InChI=1S/C17H13Cl2N5O/c18-11-5-3-6-12(8-11)22-17-14(15(20)25)16(23-24-17)21-9-10-4-1-2-7-13(10)19/h1-9H,(H2,20,25)(H2,22,23,24). The SMILES string of the molecule is NC(=O)c1c(N=Cc2ccccc2Cl)n[nH]c1Nc1cccc(Cl)c1. The first-order valence-electron chi connectivity index (χ1n) is 7.24. The molecule has 0 saturated carbocycles. The Morgan fingerprint density at radius 1 is 1.20 bits per heavy atom. The second-order valence-electron chi connectivity index (χ2n) is 5.08. The fourth-order valence-corrected chi connectivity index (χ4v) is 2.55. The molecule has 0 bridgehead atoms. The van der Waals surface area contributed by atoms with E-state index >= 15 is 0 Å². The number of aliphatic imine (C=N–C) groups is 1. The lowest BCUT2D eigenvalue weighted by molar-refractivity contribution is 0.100. The second-order valence-corrected chi connectivity index (χ2v) is 5.92. The normalized spacial score (nSPS) is 11.0. The number of halogens is 2. The minimum absolute atomic E-state index is 0.142. The van der Waals surface area contributed by atoms with Crippen LogP contribution in [0.4, 0.5) is 17.3 Å². The second kappa shape index (κ2) is 7.38. The number of rotatable bonds is 5. The summed E-state index contributed by atoms with van der Waals surface area (Å²) < 4.78 is 0. The molecule has 2 aromatic carbocycles. The minimum Gasteiger partial charge on any atom is -0.365 e. The van der Waals surface area contributed by atoms with E-state index in [-0.39, 0.29) is 11.4 Å². The van der Waals surface area contributed by atoms with Gasteiger partial charge in [-0.3, -0.25) is 9.89 Å². The zero-order chi connectivity index (χ0) is 17.8. The maximum absolute atomic E-state index is 11.8. The number of hydrogen-bond acceptors (Lipinski definition) is 4. The van der Waals surface area contributed by atoms with Gasteiger partial charge >= 0.3 is 0 Å². The van der Waals surface area contributed by atoms with Gasteiger partial charge in [0.15, 0.2) is 5.82 Å². The van der Waals surface area contributed by atoms with Crippen molar-refractivity contribution in [3.63, 3.8) is 0 Å². The van der Waals surface area contributed by atoms with Gasteiger partial charge in [0.25, 0.3) is 5.91 Å². The molecule has 8 heteroatoms. The summed E-state index contributed by atoms with van der Waals surface area (Å²) in [6, 6.07) is 14.2. The molecule has 0 atom stereocenters. The van der Waals surface area contributed by atoms with Crippen LogP contribution in [-0.2, 0) is 0 Å². The summed E-state index contributed by atoms with van der Waals surface area (Å²) in [5.41, 5.74) is 7.00. The minimum atomic E-state index is -0.662. The van der Waals surface area contributed by atoms with Crippen molar-refractivity contribution < 1.29 is 4.79 Å². The van der Waals surface area contributed by atoms with Crippen LogP contribution in [0.2, 0.25) is 10.0 Å². The highest BCUT2D eigenvalue weighted by molar-refractivity contribution is 6.33. The van der Waals surface area contributed by atoms with Gasteiger partial charge in [-0.2, -0.15) is 5.10 Å². The van der Waals surface area contributed by atoms with Crippen LogP contribution in [0.1, 0.15) is 15.9 Å². The number of primary amides is 1. The number of nitrogens with two attached hydrogens (primary N) is 1. The van der Waals surface area contributed by atoms with Crippen molar-refractivity contribution in [2.75, 3.05) is 5.32 Å². The van der Waals surface area contributed by atoms with Gasteiger partial charge < -0.3 is 11.1 Å². The zero-order valence-corrected chi connectivity index (χ0v) is 14.3. The van der Waals surface area contributed by atoms with Crippen LogP contribution in [0, 0.1) is 0 Å². The van der Waals surface area contributed by atoms with Crippen molar-refractivity contribution in [1.29, 1.82) is 0 Å². The Morgan fingerprint density at radius 2 is 2.00 bits per heavy atom. The largest absolute Gasteiger partial charge is 0.365 e. The van der Waals surface area contributed by atoms with Crippen molar-refractivity contribution >= 4 is 52.6 Å². The number of H-pyrrole nitrogens is 1. The molecule has 1 aromatic heterocycles. The molecular formula is C17H13Cl2N5O. The van der Waals surface area contributed by atoms with Crippen molar-refractivity contribution in [2.24, 2.45) is 10.7 Å². The zero-order valence-electron chi connectivity index (χ0n) is 12.8. The maximum atomic E-state index is 11.8. The lowest BCUT2D eigenvalue weighted by Gasteiger charge is -2.05. The van der Waals surface area contributed by atoms with Crippen LogP contribution in [0.15, 0.2) is 53.5 Å². The van der Waals surface area contributed by atoms with Crippen molar-refractivity contribution in [2.45, 2.75) is 0 Å². The number of hydrogen-bond donors (Lipinski definition) is 3. The molecule has 0 aliphatic carbocycles. The molecule has 0 unspecified atom stereocenters. The van der Waals surface area contributed by atoms with E-state index in [2.05, 4.69) is 20.5 Å². The monoisotopic (exact) mass is 373 g/mol. The molecule has 1 amide bonds. The van der Waals surface area contributed by atoms with Crippen molar-refractivity contribution in [3.05, 3.63) is 69.7 Å². The fourth-order valence-electron chi connectivity index (χ4n) is 2.17. The lowest BCUT2D eigenvalue weighted by Crippen LogP contribution is -2.12. The molecule has 0 saturated heterocycles. The molecule has 0 radical (unpaired) electrons. The molecule has 3 rings (SSSR count). The Bertz CT molecular complexity index is 952. The lowest BCUT2D eigenvalue weighted by atomic mass is 10.2. The summed E-state index contributed by atoms with van der Waals surface area (Å²) in [6.07, 6.45) is 1.52. The average molecular weight is 374 g/mol. The van der Waals surface area contributed by atoms with Gasteiger partial charge in [0.05, 0.1) is 0 Å². The Hall–Kier alpha value is -2.83. The highest BCUT2D eigenvalue weighted by Crippen LogP contribution is 2.27. The van der Waals surface area contributed by atoms with Gasteiger partial charge in [-0.1, -0.05) is 47.5 Å². The highest BCUT2D eigenvalue weighted by Gasteiger charge is 2.18. The predicted molar refractivity (Wildman–Crippen MR) is 101 cm³/mol. The van der Waals surface area contributed by atoms with Gasteiger partial charge in [-0.05, 0) is 24.3 Å². The first-order chi connectivity index (χ1) is 12.0. The van der Waals surface area contributed by atoms with Gasteiger partial charge in [0, 0.05) is 27.5 Å². The molecule has 3 aromatic rings. The quantitative estimate of drug-likeness (QED) is 0.581. The van der Waals surface area contributed by atoms with Crippen LogP contribution >= 0.6 is 23.2 Å².